The van der Waals surface area contributed by atoms with Crippen LogP contribution in [0.5, 0.6) is 0 Å². The summed E-state index contributed by atoms with van der Waals surface area (Å²) in [5.41, 5.74) is 9.38. The van der Waals surface area contributed by atoms with Gasteiger partial charge in [-0.15, -0.1) is 10.2 Å². The van der Waals surface area contributed by atoms with Gasteiger partial charge in [0.1, 0.15) is 0 Å². The van der Waals surface area contributed by atoms with E-state index in [4.69, 9.17) is 17.3 Å². The number of benzene rings is 2. The Morgan fingerprint density at radius 3 is 2.57 bits per heavy atom. The average molecular weight is 300 g/mol. The summed E-state index contributed by atoms with van der Waals surface area (Å²) in [6.07, 6.45) is 0.662. The number of hydrogen-bond donors (Lipinski definition) is 2. The van der Waals surface area contributed by atoms with Crippen LogP contribution in [0, 0.1) is 0 Å². The van der Waals surface area contributed by atoms with Gasteiger partial charge >= 0.3 is 0 Å². The van der Waals surface area contributed by atoms with E-state index in [2.05, 4.69) is 44.9 Å². The van der Waals surface area contributed by atoms with Crippen molar-refractivity contribution in [1.29, 1.82) is 0 Å². The SMILES string of the molecule is N[C@@H](Cc1ccc(-c2cccc(Cl)c2)cc1)c1nn[nH]n1. The minimum atomic E-state index is -0.263. The molecule has 1 atom stereocenters. The second-order valence-electron chi connectivity index (χ2n) is 4.79. The summed E-state index contributed by atoms with van der Waals surface area (Å²) in [5.74, 6) is 0.522. The van der Waals surface area contributed by atoms with Crippen LogP contribution in [0.1, 0.15) is 17.4 Å². The predicted molar refractivity (Wildman–Crippen MR) is 81.7 cm³/mol. The number of aromatic amines is 1. The van der Waals surface area contributed by atoms with E-state index in [1.54, 1.807) is 0 Å². The lowest BCUT2D eigenvalue weighted by Gasteiger charge is -2.08. The molecule has 21 heavy (non-hydrogen) atoms. The first-order valence-electron chi connectivity index (χ1n) is 6.56. The molecule has 0 unspecified atom stereocenters. The van der Waals surface area contributed by atoms with E-state index in [0.29, 0.717) is 12.2 Å². The van der Waals surface area contributed by atoms with E-state index < -0.39 is 0 Å². The van der Waals surface area contributed by atoms with Gasteiger partial charge in [0.2, 0.25) is 0 Å². The molecule has 0 aliphatic rings. The number of nitrogens with zero attached hydrogens (tertiary/aromatic N) is 3. The van der Waals surface area contributed by atoms with Crippen molar-refractivity contribution in [2.75, 3.05) is 0 Å². The van der Waals surface area contributed by atoms with Crippen molar-refractivity contribution in [2.45, 2.75) is 12.5 Å². The zero-order chi connectivity index (χ0) is 14.7. The van der Waals surface area contributed by atoms with E-state index in [0.717, 1.165) is 21.7 Å². The molecule has 0 amide bonds. The Morgan fingerprint density at radius 2 is 1.90 bits per heavy atom. The zero-order valence-electron chi connectivity index (χ0n) is 11.2. The first-order chi connectivity index (χ1) is 10.2. The highest BCUT2D eigenvalue weighted by atomic mass is 35.5. The quantitative estimate of drug-likeness (QED) is 0.776. The second kappa shape index (κ2) is 6.03. The molecular weight excluding hydrogens is 286 g/mol. The molecule has 0 fully saturated rings. The molecule has 3 aromatic rings. The number of H-pyrrole nitrogens is 1. The summed E-state index contributed by atoms with van der Waals surface area (Å²) in [6.45, 7) is 0. The van der Waals surface area contributed by atoms with Gasteiger partial charge in [0.25, 0.3) is 0 Å². The van der Waals surface area contributed by atoms with Gasteiger partial charge in [-0.05, 0) is 35.2 Å². The Hall–Kier alpha value is -2.24. The third-order valence-electron chi connectivity index (χ3n) is 3.26. The van der Waals surface area contributed by atoms with Crippen molar-refractivity contribution in [3.8, 4) is 11.1 Å². The normalized spacial score (nSPS) is 12.3. The maximum absolute atomic E-state index is 6.04. The van der Waals surface area contributed by atoms with E-state index in [1.165, 1.54) is 0 Å². The third kappa shape index (κ3) is 3.26. The van der Waals surface area contributed by atoms with Crippen LogP contribution in [0.4, 0.5) is 0 Å². The fourth-order valence-corrected chi connectivity index (χ4v) is 2.36. The summed E-state index contributed by atoms with van der Waals surface area (Å²) in [5, 5.41) is 14.5. The van der Waals surface area contributed by atoms with Crippen molar-refractivity contribution < 1.29 is 0 Å². The Kier molecular flexibility index (Phi) is 3.94. The maximum Gasteiger partial charge on any atom is 0.191 e. The maximum atomic E-state index is 6.04. The molecule has 106 valence electrons. The highest BCUT2D eigenvalue weighted by molar-refractivity contribution is 6.30. The van der Waals surface area contributed by atoms with Gasteiger partial charge in [-0.1, -0.05) is 53.2 Å². The second-order valence-corrected chi connectivity index (χ2v) is 5.22. The van der Waals surface area contributed by atoms with E-state index in [9.17, 15) is 0 Å². The number of rotatable bonds is 4. The van der Waals surface area contributed by atoms with Gasteiger partial charge in [0, 0.05) is 5.02 Å². The molecule has 1 aromatic heterocycles. The van der Waals surface area contributed by atoms with Crippen LogP contribution in [-0.2, 0) is 6.42 Å². The summed E-state index contributed by atoms with van der Waals surface area (Å²) >= 11 is 6.01. The Labute approximate surface area is 127 Å². The molecule has 6 heteroatoms. The topological polar surface area (TPSA) is 80.5 Å². The summed E-state index contributed by atoms with van der Waals surface area (Å²) in [7, 11) is 0. The summed E-state index contributed by atoms with van der Waals surface area (Å²) in [6, 6.07) is 15.7. The van der Waals surface area contributed by atoms with Crippen molar-refractivity contribution in [3.05, 3.63) is 64.9 Å². The predicted octanol–water partition coefficient (Wildman–Crippen LogP) is 2.76. The Balaban J connectivity index is 1.75. The van der Waals surface area contributed by atoms with Gasteiger partial charge in [0.05, 0.1) is 6.04 Å². The highest BCUT2D eigenvalue weighted by Gasteiger charge is 2.11. The minimum absolute atomic E-state index is 0.263. The van der Waals surface area contributed by atoms with Crippen molar-refractivity contribution in [3.63, 3.8) is 0 Å². The molecule has 3 N–H and O–H groups in total. The first-order valence-corrected chi connectivity index (χ1v) is 6.94. The standard InChI is InChI=1S/C15H14ClN5/c16-13-3-1-2-12(9-13)11-6-4-10(5-7-11)8-14(17)15-18-20-21-19-15/h1-7,9,14H,8,17H2,(H,18,19,20,21)/t14-/m0/s1. The largest absolute Gasteiger partial charge is 0.321 e. The molecule has 2 aromatic carbocycles. The number of aromatic nitrogens is 4. The van der Waals surface area contributed by atoms with Gasteiger partial charge in [-0.2, -0.15) is 5.21 Å². The van der Waals surface area contributed by atoms with Crippen LogP contribution >= 0.6 is 11.6 Å². The van der Waals surface area contributed by atoms with Gasteiger partial charge < -0.3 is 5.73 Å². The van der Waals surface area contributed by atoms with Crippen molar-refractivity contribution in [1.82, 2.24) is 20.6 Å². The summed E-state index contributed by atoms with van der Waals surface area (Å²) in [4.78, 5) is 0. The number of halogens is 1. The highest BCUT2D eigenvalue weighted by Crippen LogP contribution is 2.23. The van der Waals surface area contributed by atoms with Crippen molar-refractivity contribution in [2.24, 2.45) is 5.73 Å². The van der Waals surface area contributed by atoms with Gasteiger partial charge in [-0.3, -0.25) is 0 Å². The Bertz CT molecular complexity index is 709. The third-order valence-corrected chi connectivity index (χ3v) is 3.50. The van der Waals surface area contributed by atoms with Crippen LogP contribution in [0.25, 0.3) is 11.1 Å². The Morgan fingerprint density at radius 1 is 1.10 bits per heavy atom. The van der Waals surface area contributed by atoms with E-state index in [-0.39, 0.29) is 6.04 Å². The molecule has 3 rings (SSSR count). The molecule has 0 saturated heterocycles. The fraction of sp³-hybridized carbons (Fsp3) is 0.133. The molecule has 0 aliphatic heterocycles. The number of nitrogens with one attached hydrogen (secondary N) is 1. The molecule has 0 aliphatic carbocycles. The molecular formula is C15H14ClN5. The van der Waals surface area contributed by atoms with Crippen LogP contribution in [0.3, 0.4) is 0 Å². The molecule has 1 heterocycles. The van der Waals surface area contributed by atoms with Gasteiger partial charge in [0.15, 0.2) is 5.82 Å². The fourth-order valence-electron chi connectivity index (χ4n) is 2.17. The lowest BCUT2D eigenvalue weighted by molar-refractivity contribution is 0.669. The van der Waals surface area contributed by atoms with Gasteiger partial charge in [-0.25, -0.2) is 0 Å². The molecule has 0 radical (unpaired) electrons. The molecule has 5 nitrogen and oxygen atoms in total. The number of nitrogens with two attached hydrogens (primary N) is 1. The minimum Gasteiger partial charge on any atom is -0.321 e. The molecule has 0 bridgehead atoms. The number of tetrazole rings is 1. The van der Waals surface area contributed by atoms with Crippen molar-refractivity contribution >= 4 is 11.6 Å². The monoisotopic (exact) mass is 299 g/mol. The average Bonchev–Trinajstić information content (AvgIpc) is 3.02. The zero-order valence-corrected chi connectivity index (χ0v) is 12.0. The molecule has 0 saturated carbocycles. The number of hydrogen-bond acceptors (Lipinski definition) is 4. The van der Waals surface area contributed by atoms with E-state index in [1.807, 2.05) is 24.3 Å². The lowest BCUT2D eigenvalue weighted by atomic mass is 10.0. The molecule has 0 spiro atoms. The van der Waals surface area contributed by atoms with Crippen LogP contribution in [0.2, 0.25) is 5.02 Å². The van der Waals surface area contributed by atoms with Crippen LogP contribution in [-0.4, -0.2) is 20.6 Å². The smallest absolute Gasteiger partial charge is 0.191 e. The van der Waals surface area contributed by atoms with E-state index >= 15 is 0 Å². The van der Waals surface area contributed by atoms with Crippen LogP contribution < -0.4 is 5.73 Å². The first kappa shape index (κ1) is 13.7. The lowest BCUT2D eigenvalue weighted by Crippen LogP contribution is -2.15. The summed E-state index contributed by atoms with van der Waals surface area (Å²) < 4.78 is 0. The van der Waals surface area contributed by atoms with Crippen LogP contribution in [0.15, 0.2) is 48.5 Å².